The largest absolute Gasteiger partial charge is 0.452 e. The second kappa shape index (κ2) is 4.55. The molecule has 0 amide bonds. The molecule has 2 aromatic carbocycles. The Balaban J connectivity index is 2.42. The molecule has 94 valence electrons. The van der Waals surface area contributed by atoms with Crippen molar-refractivity contribution in [3.63, 3.8) is 0 Å². The van der Waals surface area contributed by atoms with Gasteiger partial charge in [-0.1, -0.05) is 36.4 Å². The summed E-state index contributed by atoms with van der Waals surface area (Å²) >= 11 is 4.20. The van der Waals surface area contributed by atoms with Crippen LogP contribution in [0.25, 0.3) is 22.3 Å². The van der Waals surface area contributed by atoms with Crippen molar-refractivity contribution in [3.8, 4) is 11.3 Å². The van der Waals surface area contributed by atoms with E-state index in [1.807, 2.05) is 18.2 Å². The van der Waals surface area contributed by atoms with Gasteiger partial charge in [-0.3, -0.25) is 4.79 Å². The average molecular weight is 272 g/mol. The summed E-state index contributed by atoms with van der Waals surface area (Å²) in [5, 5.41) is 0.199. The van der Waals surface area contributed by atoms with Gasteiger partial charge in [-0.15, -0.1) is 12.6 Å². The standard InChI is InChI=1S/C15H9FO2S/c16-11-8-4-7-10-12(17)15(19)13(18-14(10)11)9-5-2-1-3-6-9/h1-8,19H. The lowest BCUT2D eigenvalue weighted by Crippen LogP contribution is -2.05. The lowest BCUT2D eigenvalue weighted by atomic mass is 10.1. The maximum Gasteiger partial charge on any atom is 0.206 e. The minimum Gasteiger partial charge on any atom is -0.452 e. The first-order chi connectivity index (χ1) is 9.18. The Bertz CT molecular complexity index is 809. The molecule has 0 fully saturated rings. The Labute approximate surface area is 113 Å². The van der Waals surface area contributed by atoms with Crippen LogP contribution in [0.3, 0.4) is 0 Å². The fourth-order valence-corrected chi connectivity index (χ4v) is 2.25. The molecular weight excluding hydrogens is 263 g/mol. The number of halogens is 1. The summed E-state index contributed by atoms with van der Waals surface area (Å²) in [5.74, 6) is -0.272. The molecule has 3 rings (SSSR count). The molecule has 1 aromatic heterocycles. The van der Waals surface area contributed by atoms with Gasteiger partial charge in [0.05, 0.1) is 10.3 Å². The Kier molecular flexibility index (Phi) is 2.87. The SMILES string of the molecule is O=c1c(S)c(-c2ccccc2)oc2c(F)cccc12. The summed E-state index contributed by atoms with van der Waals surface area (Å²) in [6.07, 6.45) is 0. The fourth-order valence-electron chi connectivity index (χ4n) is 1.96. The summed E-state index contributed by atoms with van der Waals surface area (Å²) in [7, 11) is 0. The second-order valence-corrected chi connectivity index (χ2v) is 4.54. The molecule has 0 atom stereocenters. The van der Waals surface area contributed by atoms with Gasteiger partial charge >= 0.3 is 0 Å². The monoisotopic (exact) mass is 272 g/mol. The zero-order valence-electron chi connectivity index (χ0n) is 9.76. The molecule has 3 aromatic rings. The molecule has 19 heavy (non-hydrogen) atoms. The predicted octanol–water partition coefficient (Wildman–Crippen LogP) is 3.89. The van der Waals surface area contributed by atoms with Gasteiger partial charge in [0.15, 0.2) is 17.2 Å². The number of hydrogen-bond acceptors (Lipinski definition) is 3. The Hall–Kier alpha value is -2.07. The number of para-hydroxylation sites is 1. The number of fused-ring (bicyclic) bond motifs is 1. The van der Waals surface area contributed by atoms with Crippen LogP contribution in [0.4, 0.5) is 4.39 Å². The average Bonchev–Trinajstić information content (AvgIpc) is 2.44. The van der Waals surface area contributed by atoms with Crippen molar-refractivity contribution in [2.45, 2.75) is 4.90 Å². The van der Waals surface area contributed by atoms with Crippen LogP contribution in [-0.2, 0) is 0 Å². The zero-order chi connectivity index (χ0) is 13.4. The van der Waals surface area contributed by atoms with E-state index >= 15 is 0 Å². The van der Waals surface area contributed by atoms with E-state index in [1.54, 1.807) is 12.1 Å². The van der Waals surface area contributed by atoms with Gasteiger partial charge in [-0.2, -0.15) is 0 Å². The van der Waals surface area contributed by atoms with Crippen molar-refractivity contribution >= 4 is 23.6 Å². The molecule has 0 bridgehead atoms. The van der Waals surface area contributed by atoms with E-state index in [9.17, 15) is 9.18 Å². The Morgan fingerprint density at radius 2 is 1.74 bits per heavy atom. The van der Waals surface area contributed by atoms with Crippen LogP contribution in [-0.4, -0.2) is 0 Å². The van der Waals surface area contributed by atoms with E-state index in [-0.39, 0.29) is 27.1 Å². The van der Waals surface area contributed by atoms with Crippen LogP contribution < -0.4 is 5.43 Å². The lowest BCUT2D eigenvalue weighted by Gasteiger charge is -2.06. The quantitative estimate of drug-likeness (QED) is 0.681. The third-order valence-corrected chi connectivity index (χ3v) is 3.29. The van der Waals surface area contributed by atoms with Gasteiger partial charge < -0.3 is 4.42 Å². The Morgan fingerprint density at radius 3 is 2.47 bits per heavy atom. The molecule has 0 aliphatic heterocycles. The van der Waals surface area contributed by atoms with Crippen molar-refractivity contribution in [2.24, 2.45) is 0 Å². The second-order valence-electron chi connectivity index (χ2n) is 4.09. The molecule has 0 N–H and O–H groups in total. The molecule has 4 heteroatoms. The van der Waals surface area contributed by atoms with E-state index in [0.717, 1.165) is 0 Å². The molecule has 0 aliphatic rings. The molecule has 1 heterocycles. The van der Waals surface area contributed by atoms with Gasteiger partial charge in [-0.05, 0) is 12.1 Å². The van der Waals surface area contributed by atoms with E-state index in [2.05, 4.69) is 12.6 Å². The van der Waals surface area contributed by atoms with E-state index in [4.69, 9.17) is 4.42 Å². The normalized spacial score (nSPS) is 10.8. The highest BCUT2D eigenvalue weighted by Crippen LogP contribution is 2.28. The lowest BCUT2D eigenvalue weighted by molar-refractivity contribution is 0.553. The maximum atomic E-state index is 13.7. The van der Waals surface area contributed by atoms with Gasteiger partial charge in [0.25, 0.3) is 0 Å². The summed E-state index contributed by atoms with van der Waals surface area (Å²) < 4.78 is 19.3. The fraction of sp³-hybridized carbons (Fsp3) is 0. The highest BCUT2D eigenvalue weighted by molar-refractivity contribution is 7.80. The van der Waals surface area contributed by atoms with Gasteiger partial charge in [0.1, 0.15) is 0 Å². The van der Waals surface area contributed by atoms with Crippen molar-refractivity contribution in [2.75, 3.05) is 0 Å². The molecule has 0 unspecified atom stereocenters. The molecule has 0 saturated carbocycles. The Morgan fingerprint density at radius 1 is 1.00 bits per heavy atom. The molecule has 0 aliphatic carbocycles. The van der Waals surface area contributed by atoms with E-state index < -0.39 is 5.82 Å². The van der Waals surface area contributed by atoms with Crippen molar-refractivity contribution in [1.82, 2.24) is 0 Å². The maximum absolute atomic E-state index is 13.7. The zero-order valence-corrected chi connectivity index (χ0v) is 10.7. The molecule has 0 saturated heterocycles. The predicted molar refractivity (Wildman–Crippen MR) is 75.1 cm³/mol. The minimum atomic E-state index is -0.555. The van der Waals surface area contributed by atoms with Crippen LogP contribution in [0, 0.1) is 5.82 Å². The first-order valence-electron chi connectivity index (χ1n) is 5.68. The molecule has 0 radical (unpaired) electrons. The summed E-state index contributed by atoms with van der Waals surface area (Å²) in [4.78, 5) is 12.4. The van der Waals surface area contributed by atoms with Crippen LogP contribution >= 0.6 is 12.6 Å². The van der Waals surface area contributed by atoms with Crippen LogP contribution in [0.2, 0.25) is 0 Å². The van der Waals surface area contributed by atoms with Gasteiger partial charge in [0.2, 0.25) is 5.43 Å². The van der Waals surface area contributed by atoms with E-state index in [1.165, 1.54) is 18.2 Å². The van der Waals surface area contributed by atoms with Gasteiger partial charge in [0, 0.05) is 5.56 Å². The van der Waals surface area contributed by atoms with Gasteiger partial charge in [-0.25, -0.2) is 4.39 Å². The highest BCUT2D eigenvalue weighted by atomic mass is 32.1. The topological polar surface area (TPSA) is 30.2 Å². The first-order valence-corrected chi connectivity index (χ1v) is 6.13. The number of rotatable bonds is 1. The summed E-state index contributed by atoms with van der Waals surface area (Å²) in [6, 6.07) is 13.3. The summed E-state index contributed by atoms with van der Waals surface area (Å²) in [5.41, 5.74) is 0.321. The minimum absolute atomic E-state index is 0.0378. The number of benzene rings is 2. The highest BCUT2D eigenvalue weighted by Gasteiger charge is 2.15. The van der Waals surface area contributed by atoms with Crippen LogP contribution in [0.15, 0.2) is 62.6 Å². The summed E-state index contributed by atoms with van der Waals surface area (Å²) in [6.45, 7) is 0. The smallest absolute Gasteiger partial charge is 0.206 e. The van der Waals surface area contributed by atoms with Crippen LogP contribution in [0.5, 0.6) is 0 Å². The van der Waals surface area contributed by atoms with Crippen molar-refractivity contribution in [3.05, 3.63) is 64.6 Å². The molecule has 2 nitrogen and oxygen atoms in total. The number of thiol groups is 1. The van der Waals surface area contributed by atoms with Crippen LogP contribution in [0.1, 0.15) is 0 Å². The van der Waals surface area contributed by atoms with Crippen molar-refractivity contribution in [1.29, 1.82) is 0 Å². The van der Waals surface area contributed by atoms with Crippen molar-refractivity contribution < 1.29 is 8.81 Å². The molecule has 0 spiro atoms. The van der Waals surface area contributed by atoms with E-state index in [0.29, 0.717) is 5.56 Å². The first kappa shape index (κ1) is 12.0. The molecular formula is C15H9FO2S. The third-order valence-electron chi connectivity index (χ3n) is 2.88. The third kappa shape index (κ3) is 1.94. The number of hydrogen-bond donors (Lipinski definition) is 1.